The lowest BCUT2D eigenvalue weighted by Crippen LogP contribution is -2.02. The van der Waals surface area contributed by atoms with Gasteiger partial charge in [0.05, 0.1) is 17.7 Å². The number of nitrogens with zero attached hydrogens (tertiary/aromatic N) is 1. The van der Waals surface area contributed by atoms with Crippen molar-refractivity contribution in [2.45, 2.75) is 6.42 Å². The van der Waals surface area contributed by atoms with Crippen LogP contribution in [0.15, 0.2) is 52.9 Å². The first-order valence-corrected chi connectivity index (χ1v) is 6.77. The highest BCUT2D eigenvalue weighted by molar-refractivity contribution is 5.74. The zero-order chi connectivity index (χ0) is 16.4. The highest BCUT2D eigenvalue weighted by Crippen LogP contribution is 2.31. The van der Waals surface area contributed by atoms with E-state index in [-0.39, 0.29) is 22.9 Å². The van der Waals surface area contributed by atoms with Crippen molar-refractivity contribution in [3.63, 3.8) is 0 Å². The van der Waals surface area contributed by atoms with Gasteiger partial charge in [0.1, 0.15) is 11.6 Å². The molecule has 0 aliphatic heterocycles. The summed E-state index contributed by atoms with van der Waals surface area (Å²) in [5.41, 5.74) is 0.715. The second-order valence-corrected chi connectivity index (χ2v) is 4.85. The van der Waals surface area contributed by atoms with E-state index in [1.54, 1.807) is 6.07 Å². The van der Waals surface area contributed by atoms with Crippen LogP contribution < -0.4 is 0 Å². The van der Waals surface area contributed by atoms with Gasteiger partial charge in [-0.25, -0.2) is 13.8 Å². The SMILES string of the molecule is O=C(O)Cc1nc(-c2ccc(F)cc2)oc1-c1ccccc1F. The predicted octanol–water partition coefficient (Wildman–Crippen LogP) is 3.91. The summed E-state index contributed by atoms with van der Waals surface area (Å²) < 4.78 is 32.5. The molecule has 0 unspecified atom stereocenters. The van der Waals surface area contributed by atoms with E-state index in [0.717, 1.165) is 0 Å². The van der Waals surface area contributed by atoms with E-state index in [0.29, 0.717) is 5.56 Å². The zero-order valence-corrected chi connectivity index (χ0v) is 11.8. The lowest BCUT2D eigenvalue weighted by molar-refractivity contribution is -0.136. The average molecular weight is 315 g/mol. The number of benzene rings is 2. The highest BCUT2D eigenvalue weighted by atomic mass is 19.1. The van der Waals surface area contributed by atoms with Crippen LogP contribution in [-0.2, 0) is 11.2 Å². The molecule has 3 rings (SSSR count). The first kappa shape index (κ1) is 14.9. The standard InChI is InChI=1S/C17H11F2NO3/c18-11-7-5-10(6-8-11)17-20-14(9-15(21)22)16(23-17)12-3-1-2-4-13(12)19/h1-8H,9H2,(H,21,22). The molecule has 6 heteroatoms. The van der Waals surface area contributed by atoms with Crippen molar-refractivity contribution in [2.24, 2.45) is 0 Å². The topological polar surface area (TPSA) is 63.3 Å². The van der Waals surface area contributed by atoms with Crippen LogP contribution in [0.5, 0.6) is 0 Å². The molecular formula is C17H11F2NO3. The zero-order valence-electron chi connectivity index (χ0n) is 11.8. The number of hydrogen-bond acceptors (Lipinski definition) is 3. The lowest BCUT2D eigenvalue weighted by atomic mass is 10.1. The minimum absolute atomic E-state index is 0.0600. The minimum atomic E-state index is -1.11. The normalized spacial score (nSPS) is 10.7. The lowest BCUT2D eigenvalue weighted by Gasteiger charge is -2.00. The van der Waals surface area contributed by atoms with Crippen molar-refractivity contribution >= 4 is 5.97 Å². The first-order valence-electron chi connectivity index (χ1n) is 6.77. The molecule has 0 bridgehead atoms. The molecule has 3 aromatic rings. The number of rotatable bonds is 4. The van der Waals surface area contributed by atoms with Crippen molar-refractivity contribution < 1.29 is 23.1 Å². The predicted molar refractivity (Wildman–Crippen MR) is 78.6 cm³/mol. The summed E-state index contributed by atoms with van der Waals surface area (Å²) in [6.07, 6.45) is -0.408. The average Bonchev–Trinajstić information content (AvgIpc) is 2.91. The summed E-state index contributed by atoms with van der Waals surface area (Å²) >= 11 is 0. The Bertz CT molecular complexity index is 857. The molecule has 1 heterocycles. The maximum Gasteiger partial charge on any atom is 0.309 e. The third kappa shape index (κ3) is 3.11. The molecule has 0 amide bonds. The Hall–Kier alpha value is -3.02. The summed E-state index contributed by atoms with van der Waals surface area (Å²) in [5.74, 6) is -1.90. The number of oxazole rings is 1. The second kappa shape index (κ2) is 6.00. The van der Waals surface area contributed by atoms with Crippen molar-refractivity contribution in [1.29, 1.82) is 0 Å². The number of carbonyl (C=O) groups is 1. The molecule has 1 N–H and O–H groups in total. The molecule has 0 saturated heterocycles. The van der Waals surface area contributed by atoms with Crippen LogP contribution >= 0.6 is 0 Å². The highest BCUT2D eigenvalue weighted by Gasteiger charge is 2.20. The third-order valence-electron chi connectivity index (χ3n) is 3.23. The number of carboxylic acid groups (broad SMARTS) is 1. The van der Waals surface area contributed by atoms with Gasteiger partial charge in [-0.2, -0.15) is 0 Å². The van der Waals surface area contributed by atoms with E-state index in [1.807, 2.05) is 0 Å². The molecule has 0 radical (unpaired) electrons. The van der Waals surface area contributed by atoms with Gasteiger partial charge in [-0.3, -0.25) is 4.79 Å². The molecule has 0 saturated carbocycles. The molecule has 0 spiro atoms. The van der Waals surface area contributed by atoms with Gasteiger partial charge in [0, 0.05) is 5.56 Å². The summed E-state index contributed by atoms with van der Waals surface area (Å²) in [4.78, 5) is 15.1. The molecule has 0 aliphatic rings. The van der Waals surface area contributed by atoms with Crippen molar-refractivity contribution in [1.82, 2.24) is 4.98 Å². The van der Waals surface area contributed by atoms with Crippen LogP contribution in [0.4, 0.5) is 8.78 Å². The summed E-state index contributed by atoms with van der Waals surface area (Å²) in [5, 5.41) is 9.00. The van der Waals surface area contributed by atoms with Gasteiger partial charge in [0.2, 0.25) is 5.89 Å². The third-order valence-corrected chi connectivity index (χ3v) is 3.23. The van der Waals surface area contributed by atoms with Crippen LogP contribution in [0.25, 0.3) is 22.8 Å². The van der Waals surface area contributed by atoms with Crippen molar-refractivity contribution in [3.8, 4) is 22.8 Å². The van der Waals surface area contributed by atoms with Crippen LogP contribution in [0.2, 0.25) is 0 Å². The van der Waals surface area contributed by atoms with E-state index < -0.39 is 24.0 Å². The molecule has 0 fully saturated rings. The summed E-state index contributed by atoms with van der Waals surface area (Å²) in [7, 11) is 0. The van der Waals surface area contributed by atoms with Crippen molar-refractivity contribution in [3.05, 3.63) is 65.9 Å². The van der Waals surface area contributed by atoms with Crippen LogP contribution in [-0.4, -0.2) is 16.1 Å². The number of aromatic nitrogens is 1. The van der Waals surface area contributed by atoms with Gasteiger partial charge >= 0.3 is 5.97 Å². The number of halogens is 2. The monoisotopic (exact) mass is 315 g/mol. The maximum atomic E-state index is 14.0. The minimum Gasteiger partial charge on any atom is -0.481 e. The Morgan fingerprint density at radius 1 is 1.09 bits per heavy atom. The molecular weight excluding hydrogens is 304 g/mol. The summed E-state index contributed by atoms with van der Waals surface area (Å²) in [6, 6.07) is 11.2. The smallest absolute Gasteiger partial charge is 0.309 e. The number of aliphatic carboxylic acids is 1. The quantitative estimate of drug-likeness (QED) is 0.793. The van der Waals surface area contributed by atoms with Gasteiger partial charge in [-0.05, 0) is 36.4 Å². The molecule has 4 nitrogen and oxygen atoms in total. The van der Waals surface area contributed by atoms with E-state index in [4.69, 9.17) is 9.52 Å². The fourth-order valence-corrected chi connectivity index (χ4v) is 2.19. The number of hydrogen-bond donors (Lipinski definition) is 1. The van der Waals surface area contributed by atoms with Gasteiger partial charge < -0.3 is 9.52 Å². The van der Waals surface area contributed by atoms with Gasteiger partial charge in [0.15, 0.2) is 5.76 Å². The van der Waals surface area contributed by atoms with Crippen molar-refractivity contribution in [2.75, 3.05) is 0 Å². The molecule has 2 aromatic carbocycles. The second-order valence-electron chi connectivity index (χ2n) is 4.85. The molecule has 0 aliphatic carbocycles. The Kier molecular flexibility index (Phi) is 3.89. The van der Waals surface area contributed by atoms with E-state index in [9.17, 15) is 13.6 Å². The van der Waals surface area contributed by atoms with Gasteiger partial charge in [-0.1, -0.05) is 12.1 Å². The molecule has 0 atom stereocenters. The Labute approximate surface area is 130 Å². The van der Waals surface area contributed by atoms with Crippen LogP contribution in [0.3, 0.4) is 0 Å². The Balaban J connectivity index is 2.12. The Morgan fingerprint density at radius 3 is 2.43 bits per heavy atom. The number of carboxylic acids is 1. The molecule has 1 aromatic heterocycles. The van der Waals surface area contributed by atoms with Crippen LogP contribution in [0, 0.1) is 11.6 Å². The van der Waals surface area contributed by atoms with E-state index in [2.05, 4.69) is 4.98 Å². The summed E-state index contributed by atoms with van der Waals surface area (Å²) in [6.45, 7) is 0. The molecule has 116 valence electrons. The first-order chi connectivity index (χ1) is 11.0. The largest absolute Gasteiger partial charge is 0.481 e. The van der Waals surface area contributed by atoms with E-state index in [1.165, 1.54) is 42.5 Å². The maximum absolute atomic E-state index is 14.0. The Morgan fingerprint density at radius 2 is 1.78 bits per heavy atom. The van der Waals surface area contributed by atoms with E-state index >= 15 is 0 Å². The molecule has 23 heavy (non-hydrogen) atoms. The fourth-order valence-electron chi connectivity index (χ4n) is 2.19. The van der Waals surface area contributed by atoms with Gasteiger partial charge in [0.25, 0.3) is 0 Å². The van der Waals surface area contributed by atoms with Gasteiger partial charge in [-0.15, -0.1) is 0 Å². The fraction of sp³-hybridized carbons (Fsp3) is 0.0588. The van der Waals surface area contributed by atoms with Crippen LogP contribution in [0.1, 0.15) is 5.69 Å².